The monoisotopic (exact) mass is 192 g/mol. The second-order valence-electron chi connectivity index (χ2n) is 3.59. The molecule has 0 aliphatic rings. The summed E-state index contributed by atoms with van der Waals surface area (Å²) in [5, 5.41) is 7.60. The number of allylic oxidation sites excluding steroid dienone is 3. The first-order chi connectivity index (χ1) is 6.47. The summed E-state index contributed by atoms with van der Waals surface area (Å²) in [6.07, 6.45) is 4.06. The highest BCUT2D eigenvalue weighted by Crippen LogP contribution is 2.04. The SMILES string of the molecule is CC=C(C)/C=C(/CN=C(C)C)C(C)=N. The van der Waals surface area contributed by atoms with Crippen molar-refractivity contribution in [2.45, 2.75) is 34.6 Å². The van der Waals surface area contributed by atoms with Crippen molar-refractivity contribution in [3.63, 3.8) is 0 Å². The van der Waals surface area contributed by atoms with Crippen molar-refractivity contribution in [1.82, 2.24) is 0 Å². The van der Waals surface area contributed by atoms with Gasteiger partial charge in [-0.15, -0.1) is 0 Å². The zero-order valence-electron chi connectivity index (χ0n) is 9.81. The smallest absolute Gasteiger partial charge is 0.0656 e. The Hall–Kier alpha value is -1.18. The van der Waals surface area contributed by atoms with Crippen molar-refractivity contribution in [2.75, 3.05) is 6.54 Å². The van der Waals surface area contributed by atoms with E-state index in [9.17, 15) is 0 Å². The van der Waals surface area contributed by atoms with Gasteiger partial charge in [-0.05, 0) is 40.2 Å². The highest BCUT2D eigenvalue weighted by atomic mass is 14.7. The fourth-order valence-corrected chi connectivity index (χ4v) is 0.874. The van der Waals surface area contributed by atoms with Crippen LogP contribution in [0.3, 0.4) is 0 Å². The maximum absolute atomic E-state index is 7.60. The molecule has 0 rings (SSSR count). The molecule has 0 amide bonds. The van der Waals surface area contributed by atoms with Crippen LogP contribution in [0.25, 0.3) is 0 Å². The van der Waals surface area contributed by atoms with E-state index >= 15 is 0 Å². The van der Waals surface area contributed by atoms with Crippen LogP contribution in [-0.4, -0.2) is 18.0 Å². The maximum Gasteiger partial charge on any atom is 0.0656 e. The molecule has 0 aromatic carbocycles. The highest BCUT2D eigenvalue weighted by Gasteiger charge is 1.98. The first kappa shape index (κ1) is 12.8. The molecule has 0 aliphatic heterocycles. The van der Waals surface area contributed by atoms with E-state index in [0.29, 0.717) is 12.3 Å². The number of aliphatic imine (C=N–C) groups is 1. The average Bonchev–Trinajstić information content (AvgIpc) is 2.10. The Morgan fingerprint density at radius 3 is 2.14 bits per heavy atom. The van der Waals surface area contributed by atoms with E-state index in [4.69, 9.17) is 5.41 Å². The van der Waals surface area contributed by atoms with E-state index in [-0.39, 0.29) is 0 Å². The minimum absolute atomic E-state index is 0.594. The fourth-order valence-electron chi connectivity index (χ4n) is 0.874. The minimum Gasteiger partial charge on any atom is -0.305 e. The Balaban J connectivity index is 4.70. The molecule has 14 heavy (non-hydrogen) atoms. The second-order valence-corrected chi connectivity index (χ2v) is 3.59. The molecule has 0 unspecified atom stereocenters. The quantitative estimate of drug-likeness (QED) is 0.523. The molecule has 0 aromatic rings. The predicted octanol–water partition coefficient (Wildman–Crippen LogP) is 3.40. The summed E-state index contributed by atoms with van der Waals surface area (Å²) in [4.78, 5) is 4.31. The fraction of sp³-hybridized carbons (Fsp3) is 0.500. The predicted molar refractivity (Wildman–Crippen MR) is 64.6 cm³/mol. The molecule has 2 heteroatoms. The summed E-state index contributed by atoms with van der Waals surface area (Å²) in [5.74, 6) is 0. The van der Waals surface area contributed by atoms with Crippen LogP contribution in [0.4, 0.5) is 0 Å². The largest absolute Gasteiger partial charge is 0.305 e. The van der Waals surface area contributed by atoms with Gasteiger partial charge in [0.1, 0.15) is 0 Å². The van der Waals surface area contributed by atoms with Crippen LogP contribution in [-0.2, 0) is 0 Å². The van der Waals surface area contributed by atoms with Crippen LogP contribution in [0.2, 0.25) is 0 Å². The molecule has 0 saturated heterocycles. The van der Waals surface area contributed by atoms with Crippen molar-refractivity contribution >= 4 is 11.4 Å². The van der Waals surface area contributed by atoms with Gasteiger partial charge in [0.25, 0.3) is 0 Å². The number of hydrogen-bond donors (Lipinski definition) is 1. The third-order valence-electron chi connectivity index (χ3n) is 1.90. The van der Waals surface area contributed by atoms with Crippen LogP contribution in [0.15, 0.2) is 28.3 Å². The molecule has 0 aromatic heterocycles. The van der Waals surface area contributed by atoms with Gasteiger partial charge in [0.2, 0.25) is 0 Å². The first-order valence-electron chi connectivity index (χ1n) is 4.84. The van der Waals surface area contributed by atoms with Gasteiger partial charge in [0, 0.05) is 11.4 Å². The van der Waals surface area contributed by atoms with E-state index < -0.39 is 0 Å². The van der Waals surface area contributed by atoms with Gasteiger partial charge in [-0.2, -0.15) is 0 Å². The molecule has 0 heterocycles. The van der Waals surface area contributed by atoms with Gasteiger partial charge < -0.3 is 5.41 Å². The topological polar surface area (TPSA) is 36.2 Å². The zero-order chi connectivity index (χ0) is 11.1. The van der Waals surface area contributed by atoms with E-state index in [2.05, 4.69) is 4.99 Å². The summed E-state index contributed by atoms with van der Waals surface area (Å²) in [5.41, 5.74) is 3.81. The lowest BCUT2D eigenvalue weighted by Gasteiger charge is -2.03. The van der Waals surface area contributed by atoms with Gasteiger partial charge in [0.15, 0.2) is 0 Å². The molecule has 0 aliphatic carbocycles. The Morgan fingerprint density at radius 1 is 1.21 bits per heavy atom. The van der Waals surface area contributed by atoms with Crippen LogP contribution < -0.4 is 0 Å². The van der Waals surface area contributed by atoms with Crippen LogP contribution in [0.5, 0.6) is 0 Å². The van der Waals surface area contributed by atoms with Gasteiger partial charge in [0.05, 0.1) is 6.54 Å². The van der Waals surface area contributed by atoms with E-state index in [1.807, 2.05) is 39.8 Å². The summed E-state index contributed by atoms with van der Waals surface area (Å²) >= 11 is 0. The molecule has 2 nitrogen and oxygen atoms in total. The Kier molecular flexibility index (Phi) is 5.77. The molecule has 0 spiro atoms. The van der Waals surface area contributed by atoms with Gasteiger partial charge in [-0.25, -0.2) is 0 Å². The average molecular weight is 192 g/mol. The highest BCUT2D eigenvalue weighted by molar-refractivity contribution is 5.97. The van der Waals surface area contributed by atoms with Crippen LogP contribution in [0, 0.1) is 5.41 Å². The zero-order valence-corrected chi connectivity index (χ0v) is 9.81. The summed E-state index contributed by atoms with van der Waals surface area (Å²) in [7, 11) is 0. The normalized spacial score (nSPS) is 12.6. The molecular formula is C12H20N2. The second kappa shape index (κ2) is 6.30. The van der Waals surface area contributed by atoms with E-state index in [0.717, 1.165) is 11.3 Å². The lowest BCUT2D eigenvalue weighted by Crippen LogP contribution is -2.01. The van der Waals surface area contributed by atoms with Gasteiger partial charge >= 0.3 is 0 Å². The van der Waals surface area contributed by atoms with Crippen molar-refractivity contribution in [3.8, 4) is 0 Å². The summed E-state index contributed by atoms with van der Waals surface area (Å²) < 4.78 is 0. The molecule has 1 N–H and O–H groups in total. The molecule has 0 fully saturated rings. The third-order valence-corrected chi connectivity index (χ3v) is 1.90. The van der Waals surface area contributed by atoms with Gasteiger partial charge in [-0.3, -0.25) is 4.99 Å². The van der Waals surface area contributed by atoms with E-state index in [1.165, 1.54) is 5.57 Å². The molecule has 0 saturated carbocycles. The first-order valence-corrected chi connectivity index (χ1v) is 4.84. The molecule has 0 bridgehead atoms. The Labute approximate surface area is 87.0 Å². The number of rotatable bonds is 4. The van der Waals surface area contributed by atoms with Crippen molar-refractivity contribution < 1.29 is 0 Å². The van der Waals surface area contributed by atoms with Crippen molar-refractivity contribution in [3.05, 3.63) is 23.3 Å². The lowest BCUT2D eigenvalue weighted by atomic mass is 10.1. The third kappa shape index (κ3) is 5.46. The molecule has 0 radical (unpaired) electrons. The van der Waals surface area contributed by atoms with Crippen LogP contribution >= 0.6 is 0 Å². The lowest BCUT2D eigenvalue weighted by molar-refractivity contribution is 1.17. The maximum atomic E-state index is 7.60. The van der Waals surface area contributed by atoms with Crippen molar-refractivity contribution in [1.29, 1.82) is 5.41 Å². The van der Waals surface area contributed by atoms with Crippen LogP contribution in [0.1, 0.15) is 34.6 Å². The molecule has 78 valence electrons. The molecular weight excluding hydrogens is 172 g/mol. The van der Waals surface area contributed by atoms with Crippen molar-refractivity contribution in [2.24, 2.45) is 4.99 Å². The van der Waals surface area contributed by atoms with Gasteiger partial charge in [-0.1, -0.05) is 17.7 Å². The summed E-state index contributed by atoms with van der Waals surface area (Å²) in [6.45, 7) is 10.4. The summed E-state index contributed by atoms with van der Waals surface area (Å²) in [6, 6.07) is 0. The Bertz CT molecular complexity index is 289. The van der Waals surface area contributed by atoms with E-state index in [1.54, 1.807) is 6.92 Å². The standard InChI is InChI=1S/C12H20N2/c1-6-10(4)7-12(11(5)13)8-14-9(2)3/h6-7,13H,8H2,1-5H3/b10-6?,12-7-,13-11?. The number of nitrogens with zero attached hydrogens (tertiary/aromatic N) is 1. The Morgan fingerprint density at radius 2 is 1.79 bits per heavy atom. The number of hydrogen-bond acceptors (Lipinski definition) is 2. The number of nitrogens with one attached hydrogen (secondary N) is 1. The molecule has 0 atom stereocenters. The minimum atomic E-state index is 0.594.